The van der Waals surface area contributed by atoms with Crippen LogP contribution in [0.15, 0.2) is 72.0 Å². The molecule has 3 amide bonds. The largest absolute Gasteiger partial charge is 0.573 e. The number of benzene rings is 3. The number of rotatable bonds is 6. The van der Waals surface area contributed by atoms with Gasteiger partial charge in [0, 0.05) is 11.3 Å². The summed E-state index contributed by atoms with van der Waals surface area (Å²) >= 11 is 1.22. The Labute approximate surface area is 249 Å². The van der Waals surface area contributed by atoms with Gasteiger partial charge in [0.15, 0.2) is 11.0 Å². The molecular formula is C30H27F3N6O3S. The first-order valence-electron chi connectivity index (χ1n) is 13.2. The number of carbonyl (C=O) groups excluding carboxylic acids is 2. The maximum atomic E-state index is 13.0. The van der Waals surface area contributed by atoms with Crippen LogP contribution in [0.1, 0.15) is 36.5 Å². The number of amidine groups is 1. The molecule has 0 unspecified atom stereocenters. The average Bonchev–Trinajstić information content (AvgIpc) is 3.56. The molecule has 4 aromatic rings. The highest BCUT2D eigenvalue weighted by molar-refractivity contribution is 8.15. The average molecular weight is 609 g/mol. The molecule has 13 heteroatoms. The minimum atomic E-state index is -4.77. The maximum absolute atomic E-state index is 13.0. The number of anilines is 2. The Morgan fingerprint density at radius 2 is 1.81 bits per heavy atom. The van der Waals surface area contributed by atoms with Crippen LogP contribution in [0.25, 0.3) is 17.1 Å². The van der Waals surface area contributed by atoms with Crippen molar-refractivity contribution in [2.75, 3.05) is 16.0 Å². The predicted molar refractivity (Wildman–Crippen MR) is 160 cm³/mol. The Kier molecular flexibility index (Phi) is 8.27. The van der Waals surface area contributed by atoms with Gasteiger partial charge in [0.05, 0.1) is 17.1 Å². The number of urea groups is 1. The van der Waals surface area contributed by atoms with Crippen LogP contribution in [0.4, 0.5) is 29.3 Å². The molecule has 5 rings (SSSR count). The smallest absolute Gasteiger partial charge is 0.406 e. The number of thioether (sulfide) groups is 1. The quantitative estimate of drug-likeness (QED) is 0.248. The van der Waals surface area contributed by atoms with Crippen molar-refractivity contribution in [3.05, 3.63) is 83.7 Å². The molecule has 0 saturated carbocycles. The molecule has 0 aliphatic carbocycles. The number of aryl methyl sites for hydroxylation is 2. The molecule has 1 aliphatic heterocycles. The van der Waals surface area contributed by atoms with E-state index < -0.39 is 12.4 Å². The van der Waals surface area contributed by atoms with Gasteiger partial charge in [-0.2, -0.15) is 4.99 Å². The van der Waals surface area contributed by atoms with Crippen LogP contribution in [-0.4, -0.2) is 44.0 Å². The second-order valence-corrected chi connectivity index (χ2v) is 11.1. The topological polar surface area (TPSA) is 102 Å². The van der Waals surface area contributed by atoms with Crippen molar-refractivity contribution in [3.63, 3.8) is 0 Å². The van der Waals surface area contributed by atoms with Crippen molar-refractivity contribution in [3.8, 4) is 22.8 Å². The number of aromatic nitrogens is 3. The normalized spacial score (nSPS) is 14.6. The lowest BCUT2D eigenvalue weighted by Gasteiger charge is -2.22. The van der Waals surface area contributed by atoms with Crippen LogP contribution in [0, 0.1) is 13.8 Å². The minimum absolute atomic E-state index is 0.137. The number of carbonyl (C=O) groups is 2. The zero-order chi connectivity index (χ0) is 30.9. The Morgan fingerprint density at radius 1 is 1.07 bits per heavy atom. The van der Waals surface area contributed by atoms with E-state index >= 15 is 0 Å². The van der Waals surface area contributed by atoms with Gasteiger partial charge in [-0.1, -0.05) is 37.7 Å². The van der Waals surface area contributed by atoms with Crippen LogP contribution in [0.2, 0.25) is 0 Å². The van der Waals surface area contributed by atoms with E-state index in [9.17, 15) is 22.8 Å². The summed E-state index contributed by atoms with van der Waals surface area (Å²) in [5, 5.41) is 7.52. The summed E-state index contributed by atoms with van der Waals surface area (Å²) in [5.74, 6) is 0.270. The van der Waals surface area contributed by atoms with Gasteiger partial charge in [-0.3, -0.25) is 9.69 Å². The number of amides is 3. The molecule has 1 aromatic heterocycles. The number of halogens is 3. The summed E-state index contributed by atoms with van der Waals surface area (Å²) in [4.78, 5) is 35.8. The van der Waals surface area contributed by atoms with Crippen LogP contribution in [-0.2, 0) is 4.79 Å². The van der Waals surface area contributed by atoms with Crippen LogP contribution < -0.4 is 15.0 Å². The van der Waals surface area contributed by atoms with Gasteiger partial charge in [-0.05, 0) is 85.0 Å². The lowest BCUT2D eigenvalue weighted by molar-refractivity contribution is -0.274. The van der Waals surface area contributed by atoms with E-state index in [-0.39, 0.29) is 23.3 Å². The lowest BCUT2D eigenvalue weighted by Crippen LogP contribution is -2.31. The number of ether oxygens (including phenoxy) is 1. The number of alkyl halides is 3. The van der Waals surface area contributed by atoms with E-state index in [4.69, 9.17) is 0 Å². The summed E-state index contributed by atoms with van der Waals surface area (Å²) in [7, 11) is 0. The Bertz CT molecular complexity index is 1720. The molecule has 1 fully saturated rings. The highest BCUT2D eigenvalue weighted by Crippen LogP contribution is 2.34. The molecule has 43 heavy (non-hydrogen) atoms. The fourth-order valence-corrected chi connectivity index (χ4v) is 5.37. The molecule has 0 radical (unpaired) electrons. The van der Waals surface area contributed by atoms with Crippen molar-refractivity contribution in [2.24, 2.45) is 4.99 Å². The summed E-state index contributed by atoms with van der Waals surface area (Å²) < 4.78 is 42.6. The van der Waals surface area contributed by atoms with E-state index in [2.05, 4.69) is 25.1 Å². The molecule has 0 atom stereocenters. The SMILES string of the molecule is Cc1ccc(C(C)C)c(N2C(=O)CS/C2=N\C(=O)Nc2ccc(-c3ncn(-c4ccc(OC(F)(F)F)cc4)n3)cc2C)c1. The summed E-state index contributed by atoms with van der Waals surface area (Å²) in [6.45, 7) is 7.86. The highest BCUT2D eigenvalue weighted by Gasteiger charge is 2.33. The minimum Gasteiger partial charge on any atom is -0.406 e. The number of hydrogen-bond donors (Lipinski definition) is 1. The summed E-state index contributed by atoms with van der Waals surface area (Å²) in [6, 6.07) is 15.8. The third-order valence-corrected chi connectivity index (χ3v) is 7.49. The van der Waals surface area contributed by atoms with Crippen LogP contribution in [0.3, 0.4) is 0 Å². The van der Waals surface area contributed by atoms with Gasteiger partial charge in [0.2, 0.25) is 5.91 Å². The fraction of sp³-hybridized carbons (Fsp3) is 0.233. The van der Waals surface area contributed by atoms with Gasteiger partial charge in [0.1, 0.15) is 12.1 Å². The predicted octanol–water partition coefficient (Wildman–Crippen LogP) is 7.24. The molecule has 9 nitrogen and oxygen atoms in total. The Hall–Kier alpha value is -4.65. The van der Waals surface area contributed by atoms with Crippen molar-refractivity contribution in [1.82, 2.24) is 14.8 Å². The number of nitrogens with one attached hydrogen (secondary N) is 1. The Balaban J connectivity index is 1.31. The molecule has 222 valence electrons. The zero-order valence-corrected chi connectivity index (χ0v) is 24.5. The lowest BCUT2D eigenvalue weighted by atomic mass is 9.99. The molecule has 1 N–H and O–H groups in total. The number of aliphatic imine (C=N–C) groups is 1. The Morgan fingerprint density at radius 3 is 2.49 bits per heavy atom. The highest BCUT2D eigenvalue weighted by atomic mass is 32.2. The number of hydrogen-bond acceptors (Lipinski definition) is 6. The van der Waals surface area contributed by atoms with Crippen molar-refractivity contribution >= 4 is 40.2 Å². The fourth-order valence-electron chi connectivity index (χ4n) is 4.51. The third kappa shape index (κ3) is 6.88. The van der Waals surface area contributed by atoms with Crippen molar-refractivity contribution in [2.45, 2.75) is 40.0 Å². The van der Waals surface area contributed by atoms with E-state index in [1.807, 2.05) is 45.9 Å². The summed E-state index contributed by atoms with van der Waals surface area (Å²) in [5.41, 5.74) is 5.13. The second-order valence-electron chi connectivity index (χ2n) is 10.1. The molecule has 0 spiro atoms. The number of nitrogens with zero attached hydrogens (tertiary/aromatic N) is 5. The van der Waals surface area contributed by atoms with Crippen LogP contribution in [0.5, 0.6) is 5.75 Å². The maximum Gasteiger partial charge on any atom is 0.573 e. The standard InChI is InChI=1S/C30H27F3N6O3S/c1-17(2)23-11-5-18(3)13-25(23)39-26(40)15-43-29(39)36-28(41)35-24-12-6-20(14-19(24)4)27-34-16-38(37-27)21-7-9-22(10-8-21)42-30(31,32)33/h5-14,16-17H,15H2,1-4H3,(H,35,41)/b36-29-. The van der Waals surface area contributed by atoms with Gasteiger partial charge >= 0.3 is 12.4 Å². The van der Waals surface area contributed by atoms with Crippen LogP contribution >= 0.6 is 11.8 Å². The van der Waals surface area contributed by atoms with Gasteiger partial charge < -0.3 is 10.1 Å². The molecule has 1 aliphatic rings. The second kappa shape index (κ2) is 11.9. The first kappa shape index (κ1) is 29.8. The van der Waals surface area contributed by atoms with Gasteiger partial charge in [-0.25, -0.2) is 14.5 Å². The molecule has 1 saturated heterocycles. The first-order valence-corrected chi connectivity index (χ1v) is 14.2. The van der Waals surface area contributed by atoms with E-state index in [1.165, 1.54) is 51.9 Å². The molecule has 0 bridgehead atoms. The third-order valence-electron chi connectivity index (χ3n) is 6.56. The van der Waals surface area contributed by atoms with E-state index in [0.29, 0.717) is 27.9 Å². The monoisotopic (exact) mass is 608 g/mol. The summed E-state index contributed by atoms with van der Waals surface area (Å²) in [6.07, 6.45) is -3.33. The van der Waals surface area contributed by atoms with Gasteiger partial charge in [0.25, 0.3) is 0 Å². The van der Waals surface area contributed by atoms with E-state index in [0.717, 1.165) is 22.4 Å². The first-order chi connectivity index (χ1) is 20.4. The van der Waals surface area contributed by atoms with E-state index in [1.54, 1.807) is 18.2 Å². The molecular weight excluding hydrogens is 581 g/mol. The van der Waals surface area contributed by atoms with Crippen molar-refractivity contribution < 1.29 is 27.5 Å². The van der Waals surface area contributed by atoms with Gasteiger partial charge in [-0.15, -0.1) is 18.3 Å². The molecule has 3 aromatic carbocycles. The zero-order valence-electron chi connectivity index (χ0n) is 23.6. The van der Waals surface area contributed by atoms with Crippen molar-refractivity contribution in [1.29, 1.82) is 0 Å². The molecule has 2 heterocycles.